The van der Waals surface area contributed by atoms with E-state index in [9.17, 15) is 9.18 Å². The van der Waals surface area contributed by atoms with Gasteiger partial charge in [0, 0.05) is 31.3 Å². The van der Waals surface area contributed by atoms with Crippen LogP contribution in [0.4, 0.5) is 4.39 Å². The van der Waals surface area contributed by atoms with E-state index in [1.165, 1.54) is 12.3 Å². The summed E-state index contributed by atoms with van der Waals surface area (Å²) in [5.41, 5.74) is 0.803. The van der Waals surface area contributed by atoms with Crippen molar-refractivity contribution in [3.63, 3.8) is 0 Å². The van der Waals surface area contributed by atoms with E-state index in [0.29, 0.717) is 36.7 Å². The molecule has 0 saturated carbocycles. The minimum absolute atomic E-state index is 0.203. The van der Waals surface area contributed by atoms with Crippen molar-refractivity contribution in [2.75, 3.05) is 26.7 Å². The number of aromatic nitrogens is 1. The molecule has 134 valence electrons. The first kappa shape index (κ1) is 16.5. The second-order valence-electron chi connectivity index (χ2n) is 6.32. The summed E-state index contributed by atoms with van der Waals surface area (Å²) in [5, 5.41) is 3.87. The molecular formula is C19H18FN3O3. The predicted molar refractivity (Wildman–Crippen MR) is 91.9 cm³/mol. The maximum absolute atomic E-state index is 14.2. The number of nitrogens with zero attached hydrogens (tertiary/aromatic N) is 3. The van der Waals surface area contributed by atoms with Crippen LogP contribution < -0.4 is 0 Å². The number of furan rings is 1. The van der Waals surface area contributed by atoms with E-state index < -0.39 is 0 Å². The first-order valence-electron chi connectivity index (χ1n) is 8.38. The maximum atomic E-state index is 14.2. The van der Waals surface area contributed by atoms with E-state index in [1.807, 2.05) is 7.05 Å². The van der Waals surface area contributed by atoms with Gasteiger partial charge in [0.05, 0.1) is 12.3 Å². The highest BCUT2D eigenvalue weighted by Crippen LogP contribution is 2.27. The predicted octanol–water partition coefficient (Wildman–Crippen LogP) is 3.20. The molecule has 3 aromatic rings. The van der Waals surface area contributed by atoms with Crippen LogP contribution >= 0.6 is 0 Å². The Kier molecular flexibility index (Phi) is 4.30. The summed E-state index contributed by atoms with van der Waals surface area (Å²) in [4.78, 5) is 16.5. The summed E-state index contributed by atoms with van der Waals surface area (Å²) in [5.74, 6) is 0.415. The molecule has 0 bridgehead atoms. The van der Waals surface area contributed by atoms with Gasteiger partial charge in [0.15, 0.2) is 11.5 Å². The van der Waals surface area contributed by atoms with Gasteiger partial charge in [-0.3, -0.25) is 9.69 Å². The van der Waals surface area contributed by atoms with Crippen LogP contribution in [0.2, 0.25) is 0 Å². The van der Waals surface area contributed by atoms with Crippen molar-refractivity contribution in [2.24, 2.45) is 0 Å². The zero-order chi connectivity index (χ0) is 18.1. The van der Waals surface area contributed by atoms with Crippen molar-refractivity contribution < 1.29 is 18.1 Å². The third-order valence-corrected chi connectivity index (χ3v) is 4.69. The average Bonchev–Trinajstić information content (AvgIpc) is 3.34. The van der Waals surface area contributed by atoms with Crippen molar-refractivity contribution in [1.82, 2.24) is 15.0 Å². The molecular weight excluding hydrogens is 337 g/mol. The van der Waals surface area contributed by atoms with Crippen molar-refractivity contribution in [2.45, 2.75) is 6.04 Å². The molecule has 3 heterocycles. The Labute approximate surface area is 149 Å². The molecule has 1 saturated heterocycles. The smallest absolute Gasteiger partial charge is 0.276 e. The van der Waals surface area contributed by atoms with Crippen molar-refractivity contribution in [1.29, 1.82) is 0 Å². The first-order chi connectivity index (χ1) is 12.6. The molecule has 1 amide bonds. The highest BCUT2D eigenvalue weighted by atomic mass is 19.1. The van der Waals surface area contributed by atoms with Gasteiger partial charge in [0.2, 0.25) is 5.76 Å². The number of likely N-dealkylation sites (N-methyl/N-ethyl adjacent to an activating group) is 1. The van der Waals surface area contributed by atoms with E-state index in [4.69, 9.17) is 8.94 Å². The highest BCUT2D eigenvalue weighted by Gasteiger charge is 2.31. The lowest BCUT2D eigenvalue weighted by molar-refractivity contribution is 0.0531. The summed E-state index contributed by atoms with van der Waals surface area (Å²) in [6.07, 6.45) is 1.53. The van der Waals surface area contributed by atoms with Crippen LogP contribution in [0.5, 0.6) is 0 Å². The van der Waals surface area contributed by atoms with Crippen LogP contribution in [0.15, 0.2) is 57.7 Å². The molecule has 1 aromatic carbocycles. The normalized spacial score (nSPS) is 18.2. The largest absolute Gasteiger partial charge is 0.461 e. The summed E-state index contributed by atoms with van der Waals surface area (Å²) in [6, 6.07) is 11.5. The fourth-order valence-electron chi connectivity index (χ4n) is 3.21. The van der Waals surface area contributed by atoms with Crippen LogP contribution in [-0.2, 0) is 0 Å². The molecule has 2 aromatic heterocycles. The van der Waals surface area contributed by atoms with Gasteiger partial charge in [-0.2, -0.15) is 0 Å². The molecule has 1 unspecified atom stereocenters. The van der Waals surface area contributed by atoms with Crippen LogP contribution in [0, 0.1) is 5.82 Å². The lowest BCUT2D eigenvalue weighted by atomic mass is 10.0. The van der Waals surface area contributed by atoms with Crippen LogP contribution in [0.25, 0.3) is 11.5 Å². The minimum Gasteiger partial charge on any atom is -0.461 e. The van der Waals surface area contributed by atoms with Gasteiger partial charge < -0.3 is 13.8 Å². The van der Waals surface area contributed by atoms with E-state index in [2.05, 4.69) is 10.1 Å². The van der Waals surface area contributed by atoms with Gasteiger partial charge in [-0.1, -0.05) is 23.4 Å². The number of hydrogen-bond donors (Lipinski definition) is 0. The highest BCUT2D eigenvalue weighted by molar-refractivity contribution is 5.93. The molecule has 0 aliphatic carbocycles. The fourth-order valence-corrected chi connectivity index (χ4v) is 3.21. The van der Waals surface area contributed by atoms with Crippen molar-refractivity contribution in [3.8, 4) is 11.5 Å². The van der Waals surface area contributed by atoms with Gasteiger partial charge in [0.25, 0.3) is 5.91 Å². The molecule has 0 N–H and O–H groups in total. The number of carbonyl (C=O) groups is 1. The number of halogens is 1. The molecule has 0 radical (unpaired) electrons. The lowest BCUT2D eigenvalue weighted by Crippen LogP contribution is -2.49. The van der Waals surface area contributed by atoms with Gasteiger partial charge in [-0.25, -0.2) is 4.39 Å². The molecule has 26 heavy (non-hydrogen) atoms. The quantitative estimate of drug-likeness (QED) is 0.722. The summed E-state index contributed by atoms with van der Waals surface area (Å²) in [7, 11) is 1.93. The third-order valence-electron chi connectivity index (χ3n) is 4.69. The summed E-state index contributed by atoms with van der Waals surface area (Å²) < 4.78 is 24.7. The molecule has 1 atom stereocenters. The van der Waals surface area contributed by atoms with E-state index in [1.54, 1.807) is 41.3 Å². The zero-order valence-corrected chi connectivity index (χ0v) is 14.3. The Morgan fingerprint density at radius 3 is 2.81 bits per heavy atom. The Hall–Kier alpha value is -2.93. The number of benzene rings is 1. The summed E-state index contributed by atoms with van der Waals surface area (Å²) in [6.45, 7) is 1.58. The van der Waals surface area contributed by atoms with Crippen LogP contribution in [0.1, 0.15) is 22.1 Å². The Morgan fingerprint density at radius 2 is 2.04 bits per heavy atom. The Morgan fingerprint density at radius 1 is 1.19 bits per heavy atom. The number of hydrogen-bond acceptors (Lipinski definition) is 5. The molecule has 1 aliphatic heterocycles. The van der Waals surface area contributed by atoms with E-state index in [-0.39, 0.29) is 23.5 Å². The van der Waals surface area contributed by atoms with E-state index in [0.717, 1.165) is 0 Å². The SMILES string of the molecule is CN1CCN(C(=O)c2cc(-c3ccco3)on2)CC1c1ccccc1F. The van der Waals surface area contributed by atoms with Gasteiger partial charge in [-0.05, 0) is 25.2 Å². The van der Waals surface area contributed by atoms with E-state index >= 15 is 0 Å². The standard InChI is InChI=1S/C19H18FN3O3/c1-22-8-9-23(12-16(22)13-5-2-3-6-14(13)20)19(24)15-11-18(26-21-15)17-7-4-10-25-17/h2-7,10-11,16H,8-9,12H2,1H3. The Bertz CT molecular complexity index is 906. The molecule has 0 spiro atoms. The zero-order valence-electron chi connectivity index (χ0n) is 14.3. The molecule has 7 heteroatoms. The third kappa shape index (κ3) is 3.01. The summed E-state index contributed by atoms with van der Waals surface area (Å²) >= 11 is 0. The minimum atomic E-state index is -0.264. The van der Waals surface area contributed by atoms with Crippen LogP contribution in [-0.4, -0.2) is 47.5 Å². The molecule has 6 nitrogen and oxygen atoms in total. The molecule has 4 rings (SSSR count). The number of amides is 1. The van der Waals surface area contributed by atoms with Crippen LogP contribution in [0.3, 0.4) is 0 Å². The number of carbonyl (C=O) groups excluding carboxylic acids is 1. The molecule has 1 fully saturated rings. The van der Waals surface area contributed by atoms with Gasteiger partial charge in [-0.15, -0.1) is 0 Å². The second kappa shape index (κ2) is 6.76. The van der Waals surface area contributed by atoms with Gasteiger partial charge >= 0.3 is 0 Å². The number of rotatable bonds is 3. The fraction of sp³-hybridized carbons (Fsp3) is 0.263. The monoisotopic (exact) mass is 355 g/mol. The second-order valence-corrected chi connectivity index (χ2v) is 6.32. The molecule has 1 aliphatic rings. The van der Waals surface area contributed by atoms with Crippen molar-refractivity contribution in [3.05, 3.63) is 65.8 Å². The topological polar surface area (TPSA) is 62.7 Å². The number of piperazine rings is 1. The average molecular weight is 355 g/mol. The first-order valence-corrected chi connectivity index (χ1v) is 8.38. The maximum Gasteiger partial charge on any atom is 0.276 e. The van der Waals surface area contributed by atoms with Gasteiger partial charge in [0.1, 0.15) is 5.82 Å². The lowest BCUT2D eigenvalue weighted by Gasteiger charge is -2.39. The Balaban J connectivity index is 1.54. The van der Waals surface area contributed by atoms with Crippen molar-refractivity contribution >= 4 is 5.91 Å².